The van der Waals surface area contributed by atoms with Crippen LogP contribution in [0.25, 0.3) is 6.08 Å². The molecule has 3 aromatic carbocycles. The Morgan fingerprint density at radius 2 is 1.66 bits per heavy atom. The SMILES string of the molecule is C#CCOc1ccccc1/C=C1\SC(=Nc2ccc(Cl)cc2)N(c2ccc(Cl)cc2)C1=O. The van der Waals surface area contributed by atoms with Gasteiger partial charge in [-0.05, 0) is 72.4 Å². The third-order valence-electron chi connectivity index (χ3n) is 4.46. The van der Waals surface area contributed by atoms with Crippen LogP contribution in [0, 0.1) is 12.3 Å². The highest BCUT2D eigenvalue weighted by Gasteiger charge is 2.35. The molecule has 1 fully saturated rings. The van der Waals surface area contributed by atoms with E-state index in [1.807, 2.05) is 24.3 Å². The molecule has 7 heteroatoms. The summed E-state index contributed by atoms with van der Waals surface area (Å²) in [6, 6.07) is 21.5. The molecule has 1 aliphatic rings. The molecular weight excluding hydrogens is 463 g/mol. The predicted octanol–water partition coefficient (Wildman–Crippen LogP) is 6.81. The maximum atomic E-state index is 13.4. The Morgan fingerprint density at radius 1 is 1.00 bits per heavy atom. The maximum absolute atomic E-state index is 13.4. The minimum Gasteiger partial charge on any atom is -0.480 e. The number of thioether (sulfide) groups is 1. The van der Waals surface area contributed by atoms with Gasteiger partial charge in [0.25, 0.3) is 5.91 Å². The summed E-state index contributed by atoms with van der Waals surface area (Å²) in [5.41, 5.74) is 2.10. The Labute approximate surface area is 200 Å². The molecular formula is C25H16Cl2N2O2S. The van der Waals surface area contributed by atoms with Gasteiger partial charge in [-0.15, -0.1) is 6.42 Å². The molecule has 1 aliphatic heterocycles. The van der Waals surface area contributed by atoms with E-state index in [-0.39, 0.29) is 12.5 Å². The van der Waals surface area contributed by atoms with Gasteiger partial charge in [0.15, 0.2) is 5.17 Å². The molecule has 0 saturated carbocycles. The molecule has 1 amide bonds. The Bertz CT molecular complexity index is 1250. The zero-order chi connectivity index (χ0) is 22.5. The maximum Gasteiger partial charge on any atom is 0.271 e. The molecule has 1 saturated heterocycles. The number of hydrogen-bond acceptors (Lipinski definition) is 4. The number of anilines is 1. The monoisotopic (exact) mass is 478 g/mol. The summed E-state index contributed by atoms with van der Waals surface area (Å²) >= 11 is 13.3. The zero-order valence-electron chi connectivity index (χ0n) is 16.7. The number of terminal acetylenes is 1. The van der Waals surface area contributed by atoms with Crippen LogP contribution in [0.1, 0.15) is 5.56 Å². The predicted molar refractivity (Wildman–Crippen MR) is 134 cm³/mol. The number of benzene rings is 3. The molecule has 1 heterocycles. The normalized spacial score (nSPS) is 15.9. The number of carbonyl (C=O) groups excluding carboxylic acids is 1. The molecule has 0 spiro atoms. The number of halogens is 2. The number of rotatable bonds is 5. The lowest BCUT2D eigenvalue weighted by molar-refractivity contribution is -0.113. The third-order valence-corrected chi connectivity index (χ3v) is 5.93. The highest BCUT2D eigenvalue weighted by atomic mass is 35.5. The summed E-state index contributed by atoms with van der Waals surface area (Å²) in [5, 5.41) is 1.72. The molecule has 32 heavy (non-hydrogen) atoms. The molecule has 0 aromatic heterocycles. The molecule has 0 bridgehead atoms. The van der Waals surface area contributed by atoms with E-state index in [4.69, 9.17) is 34.4 Å². The smallest absolute Gasteiger partial charge is 0.271 e. The molecule has 0 atom stereocenters. The van der Waals surface area contributed by atoms with Crippen molar-refractivity contribution in [1.82, 2.24) is 0 Å². The molecule has 0 aliphatic carbocycles. The van der Waals surface area contributed by atoms with Crippen LogP contribution in [0.2, 0.25) is 10.0 Å². The molecule has 0 radical (unpaired) electrons. The summed E-state index contributed by atoms with van der Waals surface area (Å²) in [7, 11) is 0. The molecule has 4 rings (SSSR count). The van der Waals surface area contributed by atoms with E-state index in [1.54, 1.807) is 59.5 Å². The second-order valence-electron chi connectivity index (χ2n) is 6.63. The van der Waals surface area contributed by atoms with Crippen LogP contribution in [-0.2, 0) is 4.79 Å². The van der Waals surface area contributed by atoms with Crippen LogP contribution in [0.3, 0.4) is 0 Å². The fourth-order valence-corrected chi connectivity index (χ4v) is 4.23. The first-order valence-electron chi connectivity index (χ1n) is 9.54. The molecule has 0 N–H and O–H groups in total. The van der Waals surface area contributed by atoms with Crippen LogP contribution in [0.4, 0.5) is 11.4 Å². The third kappa shape index (κ3) is 5.00. The summed E-state index contributed by atoms with van der Waals surface area (Å²) in [5.74, 6) is 2.86. The Hall–Kier alpha value is -3.17. The van der Waals surface area contributed by atoms with E-state index in [2.05, 4.69) is 10.9 Å². The van der Waals surface area contributed by atoms with Gasteiger partial charge in [0.1, 0.15) is 12.4 Å². The van der Waals surface area contributed by atoms with Crippen molar-refractivity contribution in [3.63, 3.8) is 0 Å². The number of amides is 1. The molecule has 158 valence electrons. The molecule has 4 nitrogen and oxygen atoms in total. The topological polar surface area (TPSA) is 41.9 Å². The lowest BCUT2D eigenvalue weighted by Crippen LogP contribution is -2.28. The van der Waals surface area contributed by atoms with Crippen LogP contribution in [0.15, 0.2) is 82.7 Å². The van der Waals surface area contributed by atoms with Gasteiger partial charge in [-0.3, -0.25) is 9.69 Å². The van der Waals surface area contributed by atoms with Gasteiger partial charge in [-0.2, -0.15) is 0 Å². The molecule has 3 aromatic rings. The van der Waals surface area contributed by atoms with Gasteiger partial charge < -0.3 is 4.74 Å². The Balaban J connectivity index is 1.76. The van der Waals surface area contributed by atoms with Crippen molar-refractivity contribution in [3.05, 3.63) is 93.3 Å². The Kier molecular flexibility index (Phi) is 6.87. The number of hydrogen-bond donors (Lipinski definition) is 0. The number of nitrogens with zero attached hydrogens (tertiary/aromatic N) is 2. The van der Waals surface area contributed by atoms with Crippen molar-refractivity contribution in [3.8, 4) is 18.1 Å². The average Bonchev–Trinajstić information content (AvgIpc) is 3.10. The Morgan fingerprint density at radius 3 is 2.34 bits per heavy atom. The van der Waals surface area contributed by atoms with Gasteiger partial charge in [-0.1, -0.05) is 47.3 Å². The summed E-state index contributed by atoms with van der Waals surface area (Å²) in [6.07, 6.45) is 7.10. The van der Waals surface area contributed by atoms with Crippen LogP contribution < -0.4 is 9.64 Å². The second-order valence-corrected chi connectivity index (χ2v) is 8.51. The number of amidine groups is 1. The minimum absolute atomic E-state index is 0.140. The number of ether oxygens (including phenoxy) is 1. The first kappa shape index (κ1) is 22.0. The van der Waals surface area contributed by atoms with Gasteiger partial charge in [-0.25, -0.2) is 4.99 Å². The summed E-state index contributed by atoms with van der Waals surface area (Å²) < 4.78 is 5.62. The first-order chi connectivity index (χ1) is 15.5. The largest absolute Gasteiger partial charge is 0.480 e. The van der Waals surface area contributed by atoms with Crippen LogP contribution >= 0.6 is 35.0 Å². The van der Waals surface area contributed by atoms with Gasteiger partial charge in [0.2, 0.25) is 0 Å². The van der Waals surface area contributed by atoms with Crippen molar-refractivity contribution >= 4 is 63.5 Å². The van der Waals surface area contributed by atoms with E-state index in [0.717, 1.165) is 5.56 Å². The van der Waals surface area contributed by atoms with E-state index < -0.39 is 0 Å². The van der Waals surface area contributed by atoms with E-state index in [0.29, 0.717) is 37.2 Å². The van der Waals surface area contributed by atoms with Crippen molar-refractivity contribution in [1.29, 1.82) is 0 Å². The average molecular weight is 479 g/mol. The zero-order valence-corrected chi connectivity index (χ0v) is 19.0. The fourth-order valence-electron chi connectivity index (χ4n) is 2.98. The highest BCUT2D eigenvalue weighted by Crippen LogP contribution is 2.38. The van der Waals surface area contributed by atoms with Gasteiger partial charge >= 0.3 is 0 Å². The van der Waals surface area contributed by atoms with E-state index in [9.17, 15) is 4.79 Å². The number of para-hydroxylation sites is 1. The van der Waals surface area contributed by atoms with Crippen LogP contribution in [0.5, 0.6) is 5.75 Å². The second kappa shape index (κ2) is 9.97. The summed E-state index contributed by atoms with van der Waals surface area (Å²) in [4.78, 5) is 20.2. The molecule has 0 unspecified atom stereocenters. The van der Waals surface area contributed by atoms with Gasteiger partial charge in [0, 0.05) is 15.6 Å². The van der Waals surface area contributed by atoms with Gasteiger partial charge in [0.05, 0.1) is 16.3 Å². The van der Waals surface area contributed by atoms with Crippen LogP contribution in [-0.4, -0.2) is 17.7 Å². The lowest BCUT2D eigenvalue weighted by Gasteiger charge is -2.15. The van der Waals surface area contributed by atoms with Crippen molar-refractivity contribution in [2.75, 3.05) is 11.5 Å². The lowest BCUT2D eigenvalue weighted by atomic mass is 10.2. The minimum atomic E-state index is -0.197. The van der Waals surface area contributed by atoms with Crippen molar-refractivity contribution in [2.24, 2.45) is 4.99 Å². The highest BCUT2D eigenvalue weighted by molar-refractivity contribution is 8.19. The standard InChI is InChI=1S/C25H16Cl2N2O2S/c1-2-15-31-22-6-4-3-5-17(22)16-23-24(30)29(21-13-9-19(27)10-14-21)25(32-23)28-20-11-7-18(26)8-12-20/h1,3-14,16H,15H2/b23-16-,28-25?. The van der Waals surface area contributed by atoms with Crippen molar-refractivity contribution in [2.45, 2.75) is 0 Å². The van der Waals surface area contributed by atoms with E-state index in [1.165, 1.54) is 11.8 Å². The number of aliphatic imine (C=N–C) groups is 1. The quantitative estimate of drug-likeness (QED) is 0.298. The fraction of sp³-hybridized carbons (Fsp3) is 0.0400. The number of carbonyl (C=O) groups is 1. The van der Waals surface area contributed by atoms with E-state index >= 15 is 0 Å². The summed E-state index contributed by atoms with van der Waals surface area (Å²) in [6.45, 7) is 0.140. The van der Waals surface area contributed by atoms with Crippen molar-refractivity contribution < 1.29 is 9.53 Å². The first-order valence-corrected chi connectivity index (χ1v) is 11.1.